The highest BCUT2D eigenvalue weighted by atomic mass is 32.2. The van der Waals surface area contributed by atoms with Crippen LogP contribution in [-0.2, 0) is 5.75 Å². The van der Waals surface area contributed by atoms with Crippen molar-refractivity contribution in [3.63, 3.8) is 0 Å². The first-order chi connectivity index (χ1) is 17.1. The summed E-state index contributed by atoms with van der Waals surface area (Å²) in [6.07, 6.45) is -0.803. The van der Waals surface area contributed by atoms with Crippen molar-refractivity contribution in [2.24, 2.45) is 0 Å². The number of hydrogen-bond donors (Lipinski definition) is 1. The predicted molar refractivity (Wildman–Crippen MR) is 133 cm³/mol. The Morgan fingerprint density at radius 3 is 2.69 bits per heavy atom. The van der Waals surface area contributed by atoms with Gasteiger partial charge < -0.3 is 14.8 Å². The molecule has 176 valence electrons. The maximum absolute atomic E-state index is 11.5. The van der Waals surface area contributed by atoms with Gasteiger partial charge in [0.05, 0.1) is 17.1 Å². The van der Waals surface area contributed by atoms with Crippen LogP contribution >= 0.6 is 11.8 Å². The zero-order valence-corrected chi connectivity index (χ0v) is 19.6. The van der Waals surface area contributed by atoms with Crippen LogP contribution in [0.25, 0.3) is 11.3 Å². The highest BCUT2D eigenvalue weighted by Crippen LogP contribution is 2.42. The minimum absolute atomic E-state index is 0.0634. The molecule has 9 nitrogen and oxygen atoms in total. The average Bonchev–Trinajstić information content (AvgIpc) is 3.05. The van der Waals surface area contributed by atoms with Gasteiger partial charge in [0.15, 0.2) is 5.69 Å². The van der Waals surface area contributed by atoms with E-state index in [1.54, 1.807) is 6.07 Å². The van der Waals surface area contributed by atoms with Crippen LogP contribution in [0.3, 0.4) is 0 Å². The third-order valence-electron chi connectivity index (χ3n) is 5.33. The van der Waals surface area contributed by atoms with E-state index in [1.807, 2.05) is 61.5 Å². The van der Waals surface area contributed by atoms with Crippen molar-refractivity contribution < 1.29 is 14.4 Å². The maximum Gasteiger partial charge on any atom is 0.270 e. The summed E-state index contributed by atoms with van der Waals surface area (Å²) in [6, 6.07) is 22.0. The highest BCUT2D eigenvalue weighted by molar-refractivity contribution is 7.98. The lowest BCUT2D eigenvalue weighted by Crippen LogP contribution is -2.18. The van der Waals surface area contributed by atoms with Gasteiger partial charge in [-0.3, -0.25) is 10.1 Å². The molecule has 35 heavy (non-hydrogen) atoms. The SMILES string of the molecule is CCOc1ccc([N+](=O)[O-])cc1[C@H]1Nc2ccccc2-c2nnc(SCc3ccccc3)nc2O1. The molecule has 3 aromatic carbocycles. The second-order valence-electron chi connectivity index (χ2n) is 7.62. The maximum atomic E-state index is 11.5. The highest BCUT2D eigenvalue weighted by Gasteiger charge is 2.29. The number of thioether (sulfide) groups is 1. The fraction of sp³-hybridized carbons (Fsp3) is 0.160. The third kappa shape index (κ3) is 4.87. The Balaban J connectivity index is 1.55. The lowest BCUT2D eigenvalue weighted by atomic mass is 10.1. The molecule has 0 unspecified atom stereocenters. The van der Waals surface area contributed by atoms with Crippen molar-refractivity contribution in [3.8, 4) is 22.9 Å². The number of hydrogen-bond acceptors (Lipinski definition) is 9. The number of benzene rings is 3. The normalized spacial score (nSPS) is 14.0. The zero-order chi connectivity index (χ0) is 24.2. The van der Waals surface area contributed by atoms with E-state index in [0.29, 0.717) is 34.5 Å². The molecule has 2 heterocycles. The van der Waals surface area contributed by atoms with Gasteiger partial charge in [-0.25, -0.2) is 0 Å². The van der Waals surface area contributed by atoms with Crippen LogP contribution in [0.4, 0.5) is 11.4 Å². The predicted octanol–water partition coefficient (Wildman–Crippen LogP) is 5.64. The number of nitrogens with zero attached hydrogens (tertiary/aromatic N) is 4. The van der Waals surface area contributed by atoms with E-state index in [0.717, 1.165) is 16.8 Å². The van der Waals surface area contributed by atoms with Gasteiger partial charge in [-0.1, -0.05) is 60.3 Å². The first kappa shape index (κ1) is 22.6. The van der Waals surface area contributed by atoms with Crippen LogP contribution in [0.5, 0.6) is 11.6 Å². The summed E-state index contributed by atoms with van der Waals surface area (Å²) in [5.41, 5.74) is 3.56. The summed E-state index contributed by atoms with van der Waals surface area (Å²) in [5.74, 6) is 1.45. The molecule has 1 aliphatic heterocycles. The van der Waals surface area contributed by atoms with Crippen molar-refractivity contribution in [3.05, 3.63) is 94.0 Å². The van der Waals surface area contributed by atoms with Gasteiger partial charge in [0.25, 0.3) is 5.69 Å². The number of nitro groups is 1. The Morgan fingerprint density at radius 1 is 1.09 bits per heavy atom. The van der Waals surface area contributed by atoms with E-state index in [2.05, 4.69) is 20.5 Å². The molecule has 1 aliphatic rings. The van der Waals surface area contributed by atoms with E-state index in [1.165, 1.54) is 23.9 Å². The summed E-state index contributed by atoms with van der Waals surface area (Å²) in [5, 5.41) is 24.0. The van der Waals surface area contributed by atoms with Crippen molar-refractivity contribution in [1.82, 2.24) is 15.2 Å². The van der Waals surface area contributed by atoms with Gasteiger partial charge in [-0.2, -0.15) is 4.98 Å². The molecule has 0 amide bonds. The first-order valence-corrected chi connectivity index (χ1v) is 12.0. The molecular weight excluding hydrogens is 466 g/mol. The Morgan fingerprint density at radius 2 is 1.89 bits per heavy atom. The second-order valence-corrected chi connectivity index (χ2v) is 8.56. The summed E-state index contributed by atoms with van der Waals surface area (Å²) >= 11 is 1.45. The molecule has 1 atom stereocenters. The van der Waals surface area contributed by atoms with Gasteiger partial charge in [-0.05, 0) is 24.6 Å². The minimum Gasteiger partial charge on any atom is -0.493 e. The van der Waals surface area contributed by atoms with Gasteiger partial charge >= 0.3 is 0 Å². The van der Waals surface area contributed by atoms with Crippen LogP contribution in [0.15, 0.2) is 78.0 Å². The standard InChI is InChI=1S/C25H21N5O4S/c1-2-33-21-13-12-17(30(31)32)14-19(21)23-26-20-11-7-6-10-18(20)22-24(34-23)27-25(29-28-22)35-15-16-8-4-3-5-9-16/h3-14,23,26H,2,15H2,1H3/t23-/m0/s1. The number of rotatable bonds is 7. The van der Waals surface area contributed by atoms with Gasteiger partial charge in [0.1, 0.15) is 5.75 Å². The number of nitrogens with one attached hydrogen (secondary N) is 1. The Labute approximate surface area is 205 Å². The molecule has 0 saturated carbocycles. The monoisotopic (exact) mass is 487 g/mol. The van der Waals surface area contributed by atoms with Gasteiger partial charge in [0, 0.05) is 29.1 Å². The van der Waals surface area contributed by atoms with Crippen molar-refractivity contribution in [2.45, 2.75) is 24.1 Å². The smallest absolute Gasteiger partial charge is 0.270 e. The van der Waals surface area contributed by atoms with Gasteiger partial charge in [-0.15, -0.1) is 10.2 Å². The molecule has 1 N–H and O–H groups in total. The number of fused-ring (bicyclic) bond motifs is 3. The molecule has 1 aromatic heterocycles. The number of nitro benzene ring substituents is 1. The zero-order valence-electron chi connectivity index (χ0n) is 18.7. The van der Waals surface area contributed by atoms with Gasteiger partial charge in [0.2, 0.25) is 17.3 Å². The summed E-state index contributed by atoms with van der Waals surface area (Å²) in [6.45, 7) is 2.25. The summed E-state index contributed by atoms with van der Waals surface area (Å²) in [4.78, 5) is 15.7. The van der Waals surface area contributed by atoms with Crippen LogP contribution < -0.4 is 14.8 Å². The van der Waals surface area contributed by atoms with E-state index >= 15 is 0 Å². The molecule has 5 rings (SSSR count). The Kier molecular flexibility index (Phi) is 6.44. The molecule has 0 spiro atoms. The molecule has 0 aliphatic carbocycles. The second kappa shape index (κ2) is 9.98. The van der Waals surface area contributed by atoms with Crippen LogP contribution in [0.2, 0.25) is 0 Å². The molecule has 0 radical (unpaired) electrons. The third-order valence-corrected chi connectivity index (χ3v) is 6.24. The molecular formula is C25H21N5O4S. The molecule has 0 bridgehead atoms. The van der Waals surface area contributed by atoms with E-state index in [9.17, 15) is 10.1 Å². The lowest BCUT2D eigenvalue weighted by molar-refractivity contribution is -0.385. The number of non-ortho nitro benzene ring substituents is 1. The van der Waals surface area contributed by atoms with E-state index in [4.69, 9.17) is 9.47 Å². The number of aromatic nitrogens is 3. The fourth-order valence-electron chi connectivity index (χ4n) is 3.71. The lowest BCUT2D eigenvalue weighted by Gasteiger charge is -2.21. The average molecular weight is 488 g/mol. The summed E-state index contributed by atoms with van der Waals surface area (Å²) < 4.78 is 12.1. The number of anilines is 1. The molecule has 4 aromatic rings. The number of ether oxygens (including phenoxy) is 2. The van der Waals surface area contributed by atoms with E-state index in [-0.39, 0.29) is 11.6 Å². The topological polar surface area (TPSA) is 112 Å². The fourth-order valence-corrected chi connectivity index (χ4v) is 4.45. The van der Waals surface area contributed by atoms with Crippen molar-refractivity contribution >= 4 is 23.1 Å². The quantitative estimate of drug-likeness (QED) is 0.201. The van der Waals surface area contributed by atoms with Crippen molar-refractivity contribution in [2.75, 3.05) is 11.9 Å². The van der Waals surface area contributed by atoms with Crippen LogP contribution in [-0.4, -0.2) is 26.7 Å². The molecule has 10 heteroatoms. The Bertz CT molecular complexity index is 1370. The Hall–Kier alpha value is -4.18. The van der Waals surface area contributed by atoms with E-state index < -0.39 is 11.2 Å². The number of para-hydroxylation sites is 1. The first-order valence-electron chi connectivity index (χ1n) is 11.0. The minimum atomic E-state index is -0.803. The largest absolute Gasteiger partial charge is 0.493 e. The molecule has 0 saturated heterocycles. The van der Waals surface area contributed by atoms with Crippen LogP contribution in [0.1, 0.15) is 24.3 Å². The summed E-state index contributed by atoms with van der Waals surface area (Å²) in [7, 11) is 0. The molecule has 0 fully saturated rings. The van der Waals surface area contributed by atoms with Crippen LogP contribution in [0, 0.1) is 10.1 Å². The van der Waals surface area contributed by atoms with Crippen molar-refractivity contribution in [1.29, 1.82) is 0 Å².